The molecule has 2 aromatic heterocycles. The van der Waals surface area contributed by atoms with E-state index in [1.54, 1.807) is 12.1 Å². The lowest BCUT2D eigenvalue weighted by Crippen LogP contribution is -1.98. The van der Waals surface area contributed by atoms with Crippen LogP contribution in [0.3, 0.4) is 0 Å². The van der Waals surface area contributed by atoms with Crippen molar-refractivity contribution in [2.45, 2.75) is 6.42 Å². The molecule has 6 heteroatoms. The summed E-state index contributed by atoms with van der Waals surface area (Å²) in [6.45, 7) is 0.511. The van der Waals surface area contributed by atoms with Crippen LogP contribution in [0.4, 0.5) is 8.78 Å². The van der Waals surface area contributed by atoms with Crippen LogP contribution >= 0.6 is 22.9 Å². The first-order chi connectivity index (χ1) is 11.1. The molecule has 0 saturated heterocycles. The Hall–Kier alpha value is -1.98. The van der Waals surface area contributed by atoms with Crippen LogP contribution < -0.4 is 4.74 Å². The number of benzene rings is 1. The van der Waals surface area contributed by atoms with E-state index in [1.807, 2.05) is 6.07 Å². The second-order valence-corrected chi connectivity index (χ2v) is 6.53. The molecule has 1 aliphatic heterocycles. The fourth-order valence-electron chi connectivity index (χ4n) is 2.55. The maximum atomic E-state index is 14.0. The first kappa shape index (κ1) is 14.6. The number of rotatable bonds is 1. The molecule has 2 nitrogen and oxygen atoms in total. The van der Waals surface area contributed by atoms with Crippen molar-refractivity contribution in [3.8, 4) is 26.8 Å². The zero-order valence-corrected chi connectivity index (χ0v) is 13.3. The van der Waals surface area contributed by atoms with Crippen LogP contribution in [0, 0.1) is 17.7 Å². The van der Waals surface area contributed by atoms with E-state index >= 15 is 0 Å². The van der Waals surface area contributed by atoms with Gasteiger partial charge in [0.2, 0.25) is 0 Å². The van der Waals surface area contributed by atoms with E-state index in [9.17, 15) is 8.78 Å². The number of thiophene rings is 1. The number of ether oxygens (including phenoxy) is 1. The summed E-state index contributed by atoms with van der Waals surface area (Å²) in [5.74, 6) is -0.655. The first-order valence-corrected chi connectivity index (χ1v) is 8.11. The molecule has 115 valence electrons. The van der Waals surface area contributed by atoms with Gasteiger partial charge in [-0.15, -0.1) is 11.3 Å². The lowest BCUT2D eigenvalue weighted by Gasteiger charge is -2.06. The molecule has 4 rings (SSSR count). The Morgan fingerprint density at radius 1 is 1.26 bits per heavy atom. The lowest BCUT2D eigenvalue weighted by molar-refractivity contribution is 0.325. The largest absolute Gasteiger partial charge is 0.491 e. The molecule has 0 atom stereocenters. The highest BCUT2D eigenvalue weighted by molar-refractivity contribution is 7.19. The van der Waals surface area contributed by atoms with Crippen LogP contribution in [0.2, 0.25) is 5.15 Å². The molecule has 1 aromatic carbocycles. The number of aromatic nitrogens is 1. The van der Waals surface area contributed by atoms with Gasteiger partial charge in [0.1, 0.15) is 28.2 Å². The van der Waals surface area contributed by atoms with E-state index in [1.165, 1.54) is 17.4 Å². The van der Waals surface area contributed by atoms with E-state index in [0.29, 0.717) is 40.1 Å². The fraction of sp³-hybridized carbons (Fsp3) is 0.118. The molecule has 0 saturated carbocycles. The summed E-state index contributed by atoms with van der Waals surface area (Å²) in [4.78, 5) is 5.96. The van der Waals surface area contributed by atoms with Crippen molar-refractivity contribution in [3.63, 3.8) is 0 Å². The van der Waals surface area contributed by atoms with E-state index in [2.05, 4.69) is 11.1 Å². The smallest absolute Gasteiger partial charge is 0.146 e. The van der Waals surface area contributed by atoms with Gasteiger partial charge < -0.3 is 4.74 Å². The molecular weight excluding hydrogens is 340 g/mol. The molecule has 0 fully saturated rings. The van der Waals surface area contributed by atoms with Crippen LogP contribution in [0.1, 0.15) is 5.56 Å². The number of hydrogen-bond donors (Lipinski definition) is 0. The van der Waals surface area contributed by atoms with Crippen molar-refractivity contribution in [2.75, 3.05) is 6.61 Å². The van der Waals surface area contributed by atoms with Gasteiger partial charge in [0.05, 0.1) is 11.5 Å². The zero-order chi connectivity index (χ0) is 16.0. The molecule has 0 N–H and O–H groups in total. The maximum Gasteiger partial charge on any atom is 0.146 e. The van der Waals surface area contributed by atoms with Crippen molar-refractivity contribution in [1.29, 1.82) is 0 Å². The summed E-state index contributed by atoms with van der Waals surface area (Å²) < 4.78 is 32.8. The molecule has 23 heavy (non-hydrogen) atoms. The van der Waals surface area contributed by atoms with Crippen LogP contribution in [0.5, 0.6) is 5.75 Å². The minimum absolute atomic E-state index is 0.328. The summed E-state index contributed by atoms with van der Waals surface area (Å²) in [6, 6.07) is 9.92. The molecule has 0 spiro atoms. The number of halogens is 3. The molecule has 0 amide bonds. The Morgan fingerprint density at radius 3 is 2.96 bits per heavy atom. The third-order valence-corrected chi connectivity index (χ3v) is 5.04. The van der Waals surface area contributed by atoms with E-state index in [4.69, 9.17) is 16.3 Å². The topological polar surface area (TPSA) is 22.1 Å². The summed E-state index contributed by atoms with van der Waals surface area (Å²) in [5.41, 5.74) is 2.00. The normalized spacial score (nSPS) is 13.0. The Balaban J connectivity index is 1.89. The van der Waals surface area contributed by atoms with Gasteiger partial charge in [-0.05, 0) is 29.8 Å². The maximum absolute atomic E-state index is 14.0. The van der Waals surface area contributed by atoms with Gasteiger partial charge in [0, 0.05) is 29.0 Å². The minimum atomic E-state index is -0.712. The predicted octanol–water partition coefficient (Wildman–Crippen LogP) is 5.14. The van der Waals surface area contributed by atoms with Crippen LogP contribution in [0.25, 0.3) is 21.0 Å². The molecule has 3 aromatic rings. The number of nitrogens with zero attached hydrogens (tertiary/aromatic N) is 1. The minimum Gasteiger partial charge on any atom is -0.491 e. The van der Waals surface area contributed by atoms with Gasteiger partial charge >= 0.3 is 0 Å². The van der Waals surface area contributed by atoms with Crippen molar-refractivity contribution in [2.24, 2.45) is 0 Å². The molecule has 0 aliphatic carbocycles. The number of pyridine rings is 1. The summed E-state index contributed by atoms with van der Waals surface area (Å²) in [6.07, 6.45) is 0.687. The Kier molecular flexibility index (Phi) is 3.54. The number of hydrogen-bond acceptors (Lipinski definition) is 3. The van der Waals surface area contributed by atoms with Crippen molar-refractivity contribution in [3.05, 3.63) is 58.7 Å². The third kappa shape index (κ3) is 2.60. The van der Waals surface area contributed by atoms with E-state index in [-0.39, 0.29) is 0 Å². The Labute approximate surface area is 140 Å². The average molecular weight is 349 g/mol. The summed E-state index contributed by atoms with van der Waals surface area (Å²) in [7, 11) is 0. The van der Waals surface area contributed by atoms with Gasteiger partial charge in [0.15, 0.2) is 0 Å². The van der Waals surface area contributed by atoms with Gasteiger partial charge in [-0.2, -0.15) is 0 Å². The number of fused-ring (bicyclic) bond motifs is 3. The highest BCUT2D eigenvalue weighted by Crippen LogP contribution is 2.43. The summed E-state index contributed by atoms with van der Waals surface area (Å²) in [5, 5.41) is 0.372. The lowest BCUT2D eigenvalue weighted by atomic mass is 10.1. The van der Waals surface area contributed by atoms with Gasteiger partial charge in [-0.25, -0.2) is 13.8 Å². The quantitative estimate of drug-likeness (QED) is 0.568. The molecule has 1 aliphatic rings. The van der Waals surface area contributed by atoms with Crippen molar-refractivity contribution >= 4 is 22.9 Å². The van der Waals surface area contributed by atoms with E-state index in [0.717, 1.165) is 16.5 Å². The van der Waals surface area contributed by atoms with Crippen LogP contribution in [-0.2, 0) is 6.42 Å². The van der Waals surface area contributed by atoms with Gasteiger partial charge in [0.25, 0.3) is 0 Å². The monoisotopic (exact) mass is 348 g/mol. The molecular formula is C17H9ClF2NOS. The standard InChI is InChI=1S/C17H9ClF2NOS/c18-15-4-3-13-16(21-15)17-9(5-6-22-13)7-14(23-17)11-2-1-10(19)8-12(11)20/h2-4,7-8H,5-6H2. The zero-order valence-electron chi connectivity index (χ0n) is 11.7. The first-order valence-electron chi connectivity index (χ1n) is 6.91. The van der Waals surface area contributed by atoms with Crippen molar-refractivity contribution in [1.82, 2.24) is 4.98 Å². The van der Waals surface area contributed by atoms with Crippen LogP contribution in [-0.4, -0.2) is 11.6 Å². The van der Waals surface area contributed by atoms with E-state index < -0.39 is 11.6 Å². The third-order valence-electron chi connectivity index (χ3n) is 3.61. The Morgan fingerprint density at radius 2 is 2.13 bits per heavy atom. The van der Waals surface area contributed by atoms with Crippen LogP contribution in [0.15, 0.2) is 30.3 Å². The molecule has 0 bridgehead atoms. The average Bonchev–Trinajstić information content (AvgIpc) is 2.85. The highest BCUT2D eigenvalue weighted by Gasteiger charge is 2.22. The fourth-order valence-corrected chi connectivity index (χ4v) is 3.92. The summed E-state index contributed by atoms with van der Waals surface area (Å²) >= 11 is 7.38. The SMILES string of the molecule is Fc1[c]cc(-c2cc3c(s2)-c2nc(Cl)ccc2OCC3)c(F)c1. The molecule has 0 unspecified atom stereocenters. The molecule has 1 radical (unpaired) electrons. The predicted molar refractivity (Wildman–Crippen MR) is 85.9 cm³/mol. The second-order valence-electron chi connectivity index (χ2n) is 5.09. The van der Waals surface area contributed by atoms with Gasteiger partial charge in [-0.3, -0.25) is 0 Å². The molecule has 3 heterocycles. The second kappa shape index (κ2) is 5.58. The van der Waals surface area contributed by atoms with Gasteiger partial charge in [-0.1, -0.05) is 11.6 Å². The highest BCUT2D eigenvalue weighted by atomic mass is 35.5. The van der Waals surface area contributed by atoms with Crippen molar-refractivity contribution < 1.29 is 13.5 Å². The Bertz CT molecular complexity index is 910.